The van der Waals surface area contributed by atoms with Crippen molar-refractivity contribution in [3.05, 3.63) is 107 Å². The van der Waals surface area contributed by atoms with Crippen LogP contribution in [0.5, 0.6) is 0 Å². The number of hydrogen-bond donors (Lipinski definition) is 1. The van der Waals surface area contributed by atoms with Gasteiger partial charge in [-0.15, -0.1) is 0 Å². The van der Waals surface area contributed by atoms with E-state index in [9.17, 15) is 4.79 Å². The number of carbonyl (C=O) groups excluding carboxylic acids is 1. The number of benzene rings is 3. The Morgan fingerprint density at radius 3 is 2.45 bits per heavy atom. The molecule has 4 aromatic rings. The van der Waals surface area contributed by atoms with E-state index >= 15 is 0 Å². The largest absolute Gasteiger partial charge is 0.379 e. The Kier molecular flexibility index (Phi) is 8.90. The molecule has 3 aromatic carbocycles. The van der Waals surface area contributed by atoms with Gasteiger partial charge in [0.15, 0.2) is 0 Å². The molecule has 5 heteroatoms. The zero-order valence-corrected chi connectivity index (χ0v) is 22.4. The minimum absolute atomic E-state index is 0.131. The van der Waals surface area contributed by atoms with E-state index in [-0.39, 0.29) is 11.8 Å². The number of aromatic nitrogens is 1. The van der Waals surface area contributed by atoms with Crippen molar-refractivity contribution in [1.29, 1.82) is 0 Å². The summed E-state index contributed by atoms with van der Waals surface area (Å²) in [6.07, 6.45) is 4.67. The van der Waals surface area contributed by atoms with Gasteiger partial charge in [-0.2, -0.15) is 0 Å². The van der Waals surface area contributed by atoms with Gasteiger partial charge in [0, 0.05) is 56.2 Å². The van der Waals surface area contributed by atoms with E-state index < -0.39 is 0 Å². The SMILES string of the molecule is Cc1ccc(Cn2cc([C@H](CCc3ccccc3)CC(=O)NCCN3CCOCC3)c3ccccc32)cc1. The van der Waals surface area contributed by atoms with Crippen LogP contribution in [-0.4, -0.2) is 54.8 Å². The third-order valence-corrected chi connectivity index (χ3v) is 7.64. The van der Waals surface area contributed by atoms with Crippen molar-refractivity contribution in [3.63, 3.8) is 0 Å². The molecule has 1 saturated heterocycles. The molecule has 2 heterocycles. The third kappa shape index (κ3) is 6.91. The Balaban J connectivity index is 1.35. The molecule has 198 valence electrons. The van der Waals surface area contributed by atoms with E-state index in [0.717, 1.165) is 52.2 Å². The molecule has 0 aliphatic carbocycles. The van der Waals surface area contributed by atoms with Gasteiger partial charge >= 0.3 is 0 Å². The van der Waals surface area contributed by atoms with E-state index in [1.54, 1.807) is 0 Å². The van der Waals surface area contributed by atoms with Crippen LogP contribution in [0, 0.1) is 6.92 Å². The van der Waals surface area contributed by atoms with Crippen LogP contribution in [0.2, 0.25) is 0 Å². The van der Waals surface area contributed by atoms with Gasteiger partial charge in [-0.3, -0.25) is 9.69 Å². The molecular weight excluding hydrogens is 470 g/mol. The van der Waals surface area contributed by atoms with Crippen LogP contribution >= 0.6 is 0 Å². The van der Waals surface area contributed by atoms with Gasteiger partial charge in [0.25, 0.3) is 0 Å². The Hall–Kier alpha value is -3.41. The quantitative estimate of drug-likeness (QED) is 0.288. The van der Waals surface area contributed by atoms with Crippen molar-refractivity contribution in [2.75, 3.05) is 39.4 Å². The first-order valence-corrected chi connectivity index (χ1v) is 13.9. The maximum absolute atomic E-state index is 13.2. The Morgan fingerprint density at radius 1 is 0.921 bits per heavy atom. The zero-order chi connectivity index (χ0) is 26.2. The maximum atomic E-state index is 13.2. The van der Waals surface area contributed by atoms with Crippen molar-refractivity contribution in [2.45, 2.75) is 38.6 Å². The number of carbonyl (C=O) groups is 1. The van der Waals surface area contributed by atoms with Crippen LogP contribution in [-0.2, 0) is 22.5 Å². The van der Waals surface area contributed by atoms with Crippen LogP contribution in [0.15, 0.2) is 85.1 Å². The summed E-state index contributed by atoms with van der Waals surface area (Å²) in [5.41, 5.74) is 6.36. The second-order valence-electron chi connectivity index (χ2n) is 10.4. The standard InChI is InChI=1S/C33H39N3O2/c1-26-11-13-28(14-12-26)24-36-25-31(30-9-5-6-10-32(30)36)29(16-15-27-7-3-2-4-8-27)23-33(37)34-17-18-35-19-21-38-22-20-35/h2-14,25,29H,15-24H2,1H3,(H,34,37)/t29-/m1/s1. The number of ether oxygens (including phenoxy) is 1. The highest BCUT2D eigenvalue weighted by Gasteiger charge is 2.21. The molecule has 0 spiro atoms. The summed E-state index contributed by atoms with van der Waals surface area (Å²) >= 11 is 0. The fraction of sp³-hybridized carbons (Fsp3) is 0.364. The Bertz CT molecular complexity index is 1310. The normalized spacial score (nSPS) is 15.0. The minimum atomic E-state index is 0.131. The van der Waals surface area contributed by atoms with Gasteiger partial charge in [0.1, 0.15) is 0 Å². The van der Waals surface area contributed by atoms with Crippen molar-refractivity contribution in [3.8, 4) is 0 Å². The van der Waals surface area contributed by atoms with Crippen molar-refractivity contribution in [2.24, 2.45) is 0 Å². The summed E-state index contributed by atoms with van der Waals surface area (Å²) < 4.78 is 7.79. The lowest BCUT2D eigenvalue weighted by molar-refractivity contribution is -0.121. The molecule has 0 radical (unpaired) electrons. The first kappa shape index (κ1) is 26.2. The molecular formula is C33H39N3O2. The first-order valence-electron chi connectivity index (χ1n) is 13.9. The van der Waals surface area contributed by atoms with E-state index in [4.69, 9.17) is 4.74 Å². The molecule has 0 bridgehead atoms. The molecule has 1 fully saturated rings. The van der Waals surface area contributed by atoms with Crippen molar-refractivity contribution < 1.29 is 9.53 Å². The number of aryl methyl sites for hydroxylation is 2. The lowest BCUT2D eigenvalue weighted by Crippen LogP contribution is -2.41. The molecule has 1 atom stereocenters. The number of amides is 1. The van der Waals surface area contributed by atoms with E-state index in [1.165, 1.54) is 33.2 Å². The molecule has 1 aromatic heterocycles. The highest BCUT2D eigenvalue weighted by molar-refractivity contribution is 5.86. The average Bonchev–Trinajstić information content (AvgIpc) is 3.31. The molecule has 0 unspecified atom stereocenters. The number of para-hydroxylation sites is 1. The molecule has 5 nitrogen and oxygen atoms in total. The Morgan fingerprint density at radius 2 is 1.66 bits per heavy atom. The monoisotopic (exact) mass is 509 g/mol. The summed E-state index contributed by atoms with van der Waals surface area (Å²) in [6.45, 7) is 7.93. The number of morpholine rings is 1. The average molecular weight is 510 g/mol. The fourth-order valence-corrected chi connectivity index (χ4v) is 5.45. The third-order valence-electron chi connectivity index (χ3n) is 7.64. The van der Waals surface area contributed by atoms with Gasteiger partial charge in [0.2, 0.25) is 5.91 Å². The van der Waals surface area contributed by atoms with Gasteiger partial charge in [-0.05, 0) is 48.4 Å². The minimum Gasteiger partial charge on any atom is -0.379 e. The molecule has 1 aliphatic heterocycles. The Labute approximate surface area is 226 Å². The number of nitrogens with one attached hydrogen (secondary N) is 1. The second-order valence-corrected chi connectivity index (χ2v) is 10.4. The van der Waals surface area contributed by atoms with E-state index in [0.29, 0.717) is 13.0 Å². The summed E-state index contributed by atoms with van der Waals surface area (Å²) in [5.74, 6) is 0.273. The summed E-state index contributed by atoms with van der Waals surface area (Å²) in [5, 5.41) is 4.45. The molecule has 0 saturated carbocycles. The van der Waals surface area contributed by atoms with Crippen LogP contribution < -0.4 is 5.32 Å². The summed E-state index contributed by atoms with van der Waals surface area (Å²) in [6, 6.07) is 28.0. The molecule has 1 amide bonds. The van der Waals surface area contributed by atoms with Gasteiger partial charge < -0.3 is 14.6 Å². The van der Waals surface area contributed by atoms with Crippen LogP contribution in [0.4, 0.5) is 0 Å². The van der Waals surface area contributed by atoms with Crippen molar-refractivity contribution in [1.82, 2.24) is 14.8 Å². The number of fused-ring (bicyclic) bond motifs is 1. The molecule has 5 rings (SSSR count). The van der Waals surface area contributed by atoms with Gasteiger partial charge in [0.05, 0.1) is 13.2 Å². The zero-order valence-electron chi connectivity index (χ0n) is 22.4. The van der Waals surface area contributed by atoms with Crippen LogP contribution in [0.25, 0.3) is 10.9 Å². The second kappa shape index (κ2) is 12.9. The first-order chi connectivity index (χ1) is 18.7. The van der Waals surface area contributed by atoms with Crippen molar-refractivity contribution >= 4 is 16.8 Å². The van der Waals surface area contributed by atoms with Crippen LogP contribution in [0.3, 0.4) is 0 Å². The van der Waals surface area contributed by atoms with Gasteiger partial charge in [-0.1, -0.05) is 78.4 Å². The highest BCUT2D eigenvalue weighted by Crippen LogP contribution is 2.33. The smallest absolute Gasteiger partial charge is 0.220 e. The fourth-order valence-electron chi connectivity index (χ4n) is 5.45. The molecule has 1 N–H and O–H groups in total. The lowest BCUT2D eigenvalue weighted by atomic mass is 9.89. The maximum Gasteiger partial charge on any atom is 0.220 e. The van der Waals surface area contributed by atoms with E-state index in [2.05, 4.69) is 107 Å². The lowest BCUT2D eigenvalue weighted by Gasteiger charge is -2.26. The number of hydrogen-bond acceptors (Lipinski definition) is 3. The summed E-state index contributed by atoms with van der Waals surface area (Å²) in [7, 11) is 0. The summed E-state index contributed by atoms with van der Waals surface area (Å²) in [4.78, 5) is 15.5. The molecule has 1 aliphatic rings. The predicted molar refractivity (Wildman–Crippen MR) is 155 cm³/mol. The van der Waals surface area contributed by atoms with E-state index in [1.807, 2.05) is 0 Å². The number of nitrogens with zero attached hydrogens (tertiary/aromatic N) is 2. The highest BCUT2D eigenvalue weighted by atomic mass is 16.5. The number of rotatable bonds is 11. The van der Waals surface area contributed by atoms with Gasteiger partial charge in [-0.25, -0.2) is 0 Å². The topological polar surface area (TPSA) is 46.5 Å². The van der Waals surface area contributed by atoms with Crippen LogP contribution in [0.1, 0.15) is 41.0 Å². The predicted octanol–water partition coefficient (Wildman–Crippen LogP) is 5.55. The molecule has 38 heavy (non-hydrogen) atoms.